The zero-order chi connectivity index (χ0) is 19.8. The third-order valence-electron chi connectivity index (χ3n) is 4.86. The van der Waals surface area contributed by atoms with Gasteiger partial charge in [0, 0.05) is 16.9 Å². The van der Waals surface area contributed by atoms with Crippen molar-refractivity contribution in [3.05, 3.63) is 83.2 Å². The second kappa shape index (κ2) is 7.25. The molecule has 2 aromatic carbocycles. The van der Waals surface area contributed by atoms with E-state index in [1.165, 1.54) is 23.5 Å². The van der Waals surface area contributed by atoms with E-state index < -0.39 is 0 Å². The molecule has 0 atom stereocenters. The Kier molecular flexibility index (Phi) is 4.44. The van der Waals surface area contributed by atoms with Gasteiger partial charge in [-0.2, -0.15) is 5.10 Å². The maximum absolute atomic E-state index is 13.5. The van der Waals surface area contributed by atoms with Crippen LogP contribution in [0.5, 0.6) is 0 Å². The lowest BCUT2D eigenvalue weighted by molar-refractivity contribution is 0.102. The maximum Gasteiger partial charge on any atom is 0.260 e. The minimum absolute atomic E-state index is 0.228. The average Bonchev–Trinajstić information content (AvgIpc) is 3.30. The van der Waals surface area contributed by atoms with Gasteiger partial charge in [-0.05, 0) is 37.1 Å². The number of anilines is 1. The van der Waals surface area contributed by atoms with Crippen LogP contribution in [-0.4, -0.2) is 20.7 Å². The fourth-order valence-electron chi connectivity index (χ4n) is 3.33. The fourth-order valence-corrected chi connectivity index (χ4v) is 4.05. The summed E-state index contributed by atoms with van der Waals surface area (Å²) in [5.74, 6) is -0.199. The van der Waals surface area contributed by atoms with E-state index in [0.717, 1.165) is 24.2 Å². The highest BCUT2D eigenvalue weighted by molar-refractivity contribution is 7.14. The molecule has 5 nitrogen and oxygen atoms in total. The van der Waals surface area contributed by atoms with Crippen molar-refractivity contribution < 1.29 is 9.18 Å². The molecule has 5 rings (SSSR count). The smallest absolute Gasteiger partial charge is 0.260 e. The molecule has 0 spiro atoms. The molecule has 29 heavy (non-hydrogen) atoms. The highest BCUT2D eigenvalue weighted by Crippen LogP contribution is 2.42. The Labute approximate surface area is 170 Å². The SMILES string of the molecule is O=C(Nc1nc(-c2cccc(F)c2)cs1)c1cnn(-c2ccccc2)c1C1CC1. The quantitative estimate of drug-likeness (QED) is 0.493. The van der Waals surface area contributed by atoms with Crippen molar-refractivity contribution in [2.24, 2.45) is 0 Å². The van der Waals surface area contributed by atoms with Crippen LogP contribution in [-0.2, 0) is 0 Å². The average molecular weight is 404 g/mol. The molecule has 0 unspecified atom stereocenters. The summed E-state index contributed by atoms with van der Waals surface area (Å²) in [7, 11) is 0. The van der Waals surface area contributed by atoms with Crippen LogP contribution in [0.15, 0.2) is 66.2 Å². The lowest BCUT2D eigenvalue weighted by Crippen LogP contribution is -2.14. The van der Waals surface area contributed by atoms with E-state index in [1.807, 2.05) is 35.0 Å². The number of hydrogen-bond acceptors (Lipinski definition) is 4. The predicted molar refractivity (Wildman–Crippen MR) is 111 cm³/mol. The first kappa shape index (κ1) is 17.8. The number of carbonyl (C=O) groups is 1. The zero-order valence-electron chi connectivity index (χ0n) is 15.4. The number of nitrogens with zero attached hydrogens (tertiary/aromatic N) is 3. The first-order valence-electron chi connectivity index (χ1n) is 9.35. The van der Waals surface area contributed by atoms with Crippen molar-refractivity contribution in [1.82, 2.24) is 14.8 Å². The van der Waals surface area contributed by atoms with Gasteiger partial charge in [-0.3, -0.25) is 10.1 Å². The summed E-state index contributed by atoms with van der Waals surface area (Å²) >= 11 is 1.31. The highest BCUT2D eigenvalue weighted by Gasteiger charge is 2.33. The first-order valence-corrected chi connectivity index (χ1v) is 10.2. The number of benzene rings is 2. The molecule has 1 N–H and O–H groups in total. The number of hydrogen-bond donors (Lipinski definition) is 1. The molecule has 7 heteroatoms. The van der Waals surface area contributed by atoms with Gasteiger partial charge < -0.3 is 0 Å². The summed E-state index contributed by atoms with van der Waals surface area (Å²) in [6.07, 6.45) is 3.73. The molecule has 2 heterocycles. The van der Waals surface area contributed by atoms with E-state index >= 15 is 0 Å². The molecule has 2 aromatic heterocycles. The van der Waals surface area contributed by atoms with Gasteiger partial charge in [0.05, 0.1) is 28.8 Å². The second-order valence-corrected chi connectivity index (χ2v) is 7.83. The summed E-state index contributed by atoms with van der Waals surface area (Å²) in [5, 5.41) is 9.62. The van der Waals surface area contributed by atoms with Crippen LogP contribution in [0.2, 0.25) is 0 Å². The van der Waals surface area contributed by atoms with Crippen molar-refractivity contribution in [1.29, 1.82) is 0 Å². The van der Waals surface area contributed by atoms with Gasteiger partial charge in [-0.1, -0.05) is 30.3 Å². The third-order valence-corrected chi connectivity index (χ3v) is 5.62. The van der Waals surface area contributed by atoms with E-state index in [9.17, 15) is 9.18 Å². The van der Waals surface area contributed by atoms with E-state index in [0.29, 0.717) is 27.9 Å². The summed E-state index contributed by atoms with van der Waals surface area (Å²) in [6.45, 7) is 0. The molecule has 0 radical (unpaired) electrons. The van der Waals surface area contributed by atoms with Crippen LogP contribution in [0.3, 0.4) is 0 Å². The topological polar surface area (TPSA) is 59.8 Å². The second-order valence-electron chi connectivity index (χ2n) is 6.97. The lowest BCUT2D eigenvalue weighted by atomic mass is 10.1. The number of nitrogens with one attached hydrogen (secondary N) is 1. The summed E-state index contributed by atoms with van der Waals surface area (Å²) < 4.78 is 15.3. The molecule has 144 valence electrons. The number of thiazole rings is 1. The van der Waals surface area contributed by atoms with Crippen LogP contribution < -0.4 is 5.32 Å². The Balaban J connectivity index is 1.41. The van der Waals surface area contributed by atoms with Gasteiger partial charge in [-0.25, -0.2) is 14.1 Å². The minimum atomic E-state index is -0.316. The van der Waals surface area contributed by atoms with E-state index in [-0.39, 0.29) is 11.7 Å². The highest BCUT2D eigenvalue weighted by atomic mass is 32.1. The van der Waals surface area contributed by atoms with Gasteiger partial charge in [0.2, 0.25) is 0 Å². The van der Waals surface area contributed by atoms with Crippen molar-refractivity contribution >= 4 is 22.4 Å². The van der Waals surface area contributed by atoms with Crippen molar-refractivity contribution in [2.75, 3.05) is 5.32 Å². The molecule has 0 bridgehead atoms. The standard InChI is InChI=1S/C22H17FN4OS/c23-16-6-4-5-15(11-16)19-13-29-22(25-19)26-21(28)18-12-24-27(20(18)14-9-10-14)17-7-2-1-3-8-17/h1-8,11-14H,9-10H2,(H,25,26,28). The van der Waals surface area contributed by atoms with Crippen molar-refractivity contribution in [3.63, 3.8) is 0 Å². The molecular formula is C22H17FN4OS. The molecule has 1 aliphatic rings. The largest absolute Gasteiger partial charge is 0.298 e. The van der Waals surface area contributed by atoms with Gasteiger partial charge in [0.25, 0.3) is 5.91 Å². The lowest BCUT2D eigenvalue weighted by Gasteiger charge is -2.08. The maximum atomic E-state index is 13.5. The van der Waals surface area contributed by atoms with Gasteiger partial charge in [0.1, 0.15) is 5.82 Å². The van der Waals surface area contributed by atoms with Gasteiger partial charge in [0.15, 0.2) is 5.13 Å². The van der Waals surface area contributed by atoms with Crippen molar-refractivity contribution in [2.45, 2.75) is 18.8 Å². The number of para-hydroxylation sites is 1. The minimum Gasteiger partial charge on any atom is -0.298 e. The normalized spacial score (nSPS) is 13.4. The number of rotatable bonds is 5. The summed E-state index contributed by atoms with van der Waals surface area (Å²) in [5.41, 5.74) is 3.76. The van der Waals surface area contributed by atoms with Gasteiger partial charge >= 0.3 is 0 Å². The van der Waals surface area contributed by atoms with E-state index in [1.54, 1.807) is 23.7 Å². The molecule has 1 fully saturated rings. The summed E-state index contributed by atoms with van der Waals surface area (Å²) in [4.78, 5) is 17.4. The number of aromatic nitrogens is 3. The zero-order valence-corrected chi connectivity index (χ0v) is 16.2. The fraction of sp³-hybridized carbons (Fsp3) is 0.136. The first-order chi connectivity index (χ1) is 14.2. The Morgan fingerprint density at radius 2 is 1.97 bits per heavy atom. The van der Waals surface area contributed by atoms with Crippen LogP contribution in [0.25, 0.3) is 16.9 Å². The molecule has 1 aliphatic carbocycles. The van der Waals surface area contributed by atoms with Crippen LogP contribution >= 0.6 is 11.3 Å². The van der Waals surface area contributed by atoms with Crippen molar-refractivity contribution in [3.8, 4) is 16.9 Å². The number of amides is 1. The molecule has 1 amide bonds. The Bertz CT molecular complexity index is 1180. The predicted octanol–water partition coefficient (Wildman–Crippen LogP) is 5.26. The molecule has 0 saturated heterocycles. The number of carbonyl (C=O) groups excluding carboxylic acids is 1. The monoisotopic (exact) mass is 404 g/mol. The Morgan fingerprint density at radius 1 is 1.14 bits per heavy atom. The van der Waals surface area contributed by atoms with Crippen LogP contribution in [0, 0.1) is 5.82 Å². The van der Waals surface area contributed by atoms with Gasteiger partial charge in [-0.15, -0.1) is 11.3 Å². The Morgan fingerprint density at radius 3 is 2.72 bits per heavy atom. The summed E-state index contributed by atoms with van der Waals surface area (Å²) in [6, 6.07) is 16.1. The molecule has 4 aromatic rings. The molecule has 0 aliphatic heterocycles. The van der Waals surface area contributed by atoms with E-state index in [4.69, 9.17) is 0 Å². The third kappa shape index (κ3) is 3.56. The molecule has 1 saturated carbocycles. The van der Waals surface area contributed by atoms with Crippen LogP contribution in [0.4, 0.5) is 9.52 Å². The molecular weight excluding hydrogens is 387 g/mol. The van der Waals surface area contributed by atoms with E-state index in [2.05, 4.69) is 15.4 Å². The number of halogens is 1. The van der Waals surface area contributed by atoms with Crippen LogP contribution in [0.1, 0.15) is 34.8 Å². The Hall–Kier alpha value is -3.32.